The van der Waals surface area contributed by atoms with Crippen LogP contribution in [0.4, 0.5) is 0 Å². The van der Waals surface area contributed by atoms with Crippen molar-refractivity contribution in [3.05, 3.63) is 0 Å². The van der Waals surface area contributed by atoms with Crippen LogP contribution in [0, 0.1) is 5.92 Å². The zero-order chi connectivity index (χ0) is 12.3. The fourth-order valence-electron chi connectivity index (χ4n) is 2.99. The molecule has 0 aromatic carbocycles. The maximum Gasteiger partial charge on any atom is 0.220 e. The first-order valence-corrected chi connectivity index (χ1v) is 7.88. The van der Waals surface area contributed by atoms with E-state index in [0.29, 0.717) is 12.1 Å². The summed E-state index contributed by atoms with van der Waals surface area (Å²) >= 11 is 2.08. The van der Waals surface area contributed by atoms with E-state index in [2.05, 4.69) is 24.0 Å². The Balaban J connectivity index is 1.75. The van der Waals surface area contributed by atoms with Crippen molar-refractivity contribution in [1.82, 2.24) is 5.32 Å². The van der Waals surface area contributed by atoms with Crippen LogP contribution in [0.1, 0.15) is 45.4 Å². The average molecular weight is 256 g/mol. The first kappa shape index (κ1) is 13.2. The monoisotopic (exact) mass is 256 g/mol. The Bertz CT molecular complexity index is 264. The van der Waals surface area contributed by atoms with Crippen LogP contribution in [-0.4, -0.2) is 29.0 Å². The van der Waals surface area contributed by atoms with E-state index in [9.17, 15) is 4.79 Å². The molecule has 0 radical (unpaired) electrons. The van der Waals surface area contributed by atoms with Crippen LogP contribution in [0.25, 0.3) is 0 Å². The van der Waals surface area contributed by atoms with Crippen molar-refractivity contribution in [3.8, 4) is 0 Å². The number of primary amides is 1. The van der Waals surface area contributed by atoms with Crippen LogP contribution >= 0.6 is 11.8 Å². The van der Waals surface area contributed by atoms with Gasteiger partial charge in [0.25, 0.3) is 0 Å². The van der Waals surface area contributed by atoms with E-state index in [4.69, 9.17) is 5.73 Å². The number of hydrogen-bond donors (Lipinski definition) is 2. The molecule has 3 N–H and O–H groups in total. The summed E-state index contributed by atoms with van der Waals surface area (Å²) in [6.45, 7) is 2.33. The number of rotatable bonds is 3. The van der Waals surface area contributed by atoms with E-state index in [1.165, 1.54) is 18.6 Å². The maximum atomic E-state index is 11.1. The van der Waals surface area contributed by atoms with Crippen LogP contribution in [-0.2, 0) is 4.79 Å². The smallest absolute Gasteiger partial charge is 0.220 e. The van der Waals surface area contributed by atoms with Gasteiger partial charge in [-0.3, -0.25) is 4.79 Å². The molecule has 17 heavy (non-hydrogen) atoms. The molecule has 0 bridgehead atoms. The van der Waals surface area contributed by atoms with E-state index in [-0.39, 0.29) is 11.8 Å². The van der Waals surface area contributed by atoms with Crippen LogP contribution in [0.3, 0.4) is 0 Å². The van der Waals surface area contributed by atoms with Crippen LogP contribution in [0.15, 0.2) is 0 Å². The second-order valence-corrected chi connectivity index (χ2v) is 6.93. The Morgan fingerprint density at radius 2 is 1.94 bits per heavy atom. The van der Waals surface area contributed by atoms with Gasteiger partial charge in [-0.2, -0.15) is 11.8 Å². The molecule has 0 aromatic heterocycles. The molecule has 0 aromatic rings. The van der Waals surface area contributed by atoms with Gasteiger partial charge < -0.3 is 11.1 Å². The van der Waals surface area contributed by atoms with E-state index in [1.54, 1.807) is 0 Å². The van der Waals surface area contributed by atoms with E-state index >= 15 is 0 Å². The van der Waals surface area contributed by atoms with Crippen molar-refractivity contribution in [2.45, 2.75) is 62.8 Å². The largest absolute Gasteiger partial charge is 0.369 e. The fourth-order valence-corrected chi connectivity index (χ4v) is 4.14. The molecule has 98 valence electrons. The van der Waals surface area contributed by atoms with Gasteiger partial charge in [0, 0.05) is 23.3 Å². The Kier molecular flexibility index (Phi) is 4.74. The van der Waals surface area contributed by atoms with Gasteiger partial charge in [0.2, 0.25) is 5.91 Å². The topological polar surface area (TPSA) is 55.1 Å². The molecular weight excluding hydrogens is 232 g/mol. The second kappa shape index (κ2) is 6.10. The van der Waals surface area contributed by atoms with Crippen molar-refractivity contribution in [1.29, 1.82) is 0 Å². The number of carbonyl (C=O) groups is 1. The Morgan fingerprint density at radius 1 is 1.24 bits per heavy atom. The maximum absolute atomic E-state index is 11.1. The minimum Gasteiger partial charge on any atom is -0.369 e. The minimum absolute atomic E-state index is 0.106. The molecule has 3 nitrogen and oxygen atoms in total. The molecular formula is C13H24N2OS. The summed E-state index contributed by atoms with van der Waals surface area (Å²) in [6.07, 6.45) is 6.82. The summed E-state index contributed by atoms with van der Waals surface area (Å²) in [5, 5.41) is 4.53. The van der Waals surface area contributed by atoms with Gasteiger partial charge in [-0.15, -0.1) is 0 Å². The molecule has 2 rings (SSSR count). The summed E-state index contributed by atoms with van der Waals surface area (Å²) in [5.41, 5.74) is 5.36. The molecule has 1 saturated heterocycles. The Labute approximate surface area is 108 Å². The van der Waals surface area contributed by atoms with Gasteiger partial charge in [-0.05, 0) is 44.3 Å². The lowest BCUT2D eigenvalue weighted by Crippen LogP contribution is -2.47. The molecule has 0 spiro atoms. The van der Waals surface area contributed by atoms with E-state index in [1.807, 2.05) is 0 Å². The first-order chi connectivity index (χ1) is 8.16. The fraction of sp³-hybridized carbons (Fsp3) is 0.923. The molecule has 1 saturated carbocycles. The Morgan fingerprint density at radius 3 is 2.53 bits per heavy atom. The SMILES string of the molecule is CC1SCCCC1NC1CCC(C(N)=O)CC1. The molecule has 2 atom stereocenters. The lowest BCUT2D eigenvalue weighted by atomic mass is 9.85. The average Bonchev–Trinajstić information content (AvgIpc) is 2.33. The summed E-state index contributed by atoms with van der Waals surface area (Å²) in [6, 6.07) is 1.28. The number of hydrogen-bond acceptors (Lipinski definition) is 3. The van der Waals surface area contributed by atoms with Gasteiger partial charge in [-0.25, -0.2) is 0 Å². The highest BCUT2D eigenvalue weighted by Gasteiger charge is 2.28. The minimum atomic E-state index is -0.106. The van der Waals surface area contributed by atoms with Crippen molar-refractivity contribution in [2.24, 2.45) is 11.7 Å². The van der Waals surface area contributed by atoms with Gasteiger partial charge >= 0.3 is 0 Å². The molecule has 2 unspecified atom stereocenters. The quantitative estimate of drug-likeness (QED) is 0.811. The lowest BCUT2D eigenvalue weighted by molar-refractivity contribution is -0.122. The predicted octanol–water partition coefficient (Wildman–Crippen LogP) is 1.90. The van der Waals surface area contributed by atoms with Crippen molar-refractivity contribution in [3.63, 3.8) is 0 Å². The highest BCUT2D eigenvalue weighted by Crippen LogP contribution is 2.29. The summed E-state index contributed by atoms with van der Waals surface area (Å²) < 4.78 is 0. The van der Waals surface area contributed by atoms with Gasteiger partial charge in [0.15, 0.2) is 0 Å². The van der Waals surface area contributed by atoms with Crippen LogP contribution in [0.5, 0.6) is 0 Å². The summed E-state index contributed by atoms with van der Waals surface area (Å²) in [7, 11) is 0. The third kappa shape index (κ3) is 3.62. The predicted molar refractivity (Wildman–Crippen MR) is 73.0 cm³/mol. The molecule has 2 aliphatic rings. The van der Waals surface area contributed by atoms with Crippen LogP contribution < -0.4 is 11.1 Å². The molecule has 2 fully saturated rings. The van der Waals surface area contributed by atoms with E-state index < -0.39 is 0 Å². The number of amides is 1. The van der Waals surface area contributed by atoms with Gasteiger partial charge in [0.05, 0.1) is 0 Å². The second-order valence-electron chi connectivity index (χ2n) is 5.44. The molecule has 1 amide bonds. The molecule has 1 aliphatic carbocycles. The molecule has 1 heterocycles. The third-order valence-corrected chi connectivity index (χ3v) is 5.56. The summed E-state index contributed by atoms with van der Waals surface area (Å²) in [5.74, 6) is 1.34. The van der Waals surface area contributed by atoms with Crippen LogP contribution in [0.2, 0.25) is 0 Å². The molecule has 1 aliphatic heterocycles. The number of thioether (sulfide) groups is 1. The number of nitrogens with two attached hydrogens (primary N) is 1. The third-order valence-electron chi connectivity index (χ3n) is 4.19. The summed E-state index contributed by atoms with van der Waals surface area (Å²) in [4.78, 5) is 11.1. The Hall–Kier alpha value is -0.220. The van der Waals surface area contributed by atoms with Crippen molar-refractivity contribution >= 4 is 17.7 Å². The number of nitrogens with one attached hydrogen (secondary N) is 1. The van der Waals surface area contributed by atoms with E-state index in [0.717, 1.165) is 30.9 Å². The standard InChI is InChI=1S/C13H24N2OS/c1-9-12(3-2-8-17-9)15-11-6-4-10(5-7-11)13(14)16/h9-12,15H,2-8H2,1H3,(H2,14,16). The zero-order valence-electron chi connectivity index (χ0n) is 10.7. The lowest BCUT2D eigenvalue weighted by Gasteiger charge is -2.35. The van der Waals surface area contributed by atoms with Gasteiger partial charge in [0.1, 0.15) is 0 Å². The zero-order valence-corrected chi connectivity index (χ0v) is 11.5. The normalized spacial score (nSPS) is 38.9. The highest BCUT2D eigenvalue weighted by atomic mass is 32.2. The van der Waals surface area contributed by atoms with Crippen molar-refractivity contribution < 1.29 is 4.79 Å². The number of carbonyl (C=O) groups excluding carboxylic acids is 1. The first-order valence-electron chi connectivity index (χ1n) is 6.84. The molecule has 4 heteroatoms. The highest BCUT2D eigenvalue weighted by molar-refractivity contribution is 7.99. The van der Waals surface area contributed by atoms with Crippen molar-refractivity contribution in [2.75, 3.05) is 5.75 Å². The van der Waals surface area contributed by atoms with Gasteiger partial charge in [-0.1, -0.05) is 6.92 Å².